The van der Waals surface area contributed by atoms with Gasteiger partial charge in [0.15, 0.2) is 0 Å². The molecule has 3 amide bonds. The third-order valence-corrected chi connectivity index (χ3v) is 5.05. The summed E-state index contributed by atoms with van der Waals surface area (Å²) in [7, 11) is 3.40. The van der Waals surface area contributed by atoms with Gasteiger partial charge < -0.3 is 15.1 Å². The number of aryl methyl sites for hydroxylation is 1. The minimum Gasteiger partial charge on any atom is -0.331 e. The van der Waals surface area contributed by atoms with Gasteiger partial charge in [0, 0.05) is 32.1 Å². The van der Waals surface area contributed by atoms with E-state index >= 15 is 0 Å². The number of nitrogens with one attached hydrogen (secondary N) is 1. The van der Waals surface area contributed by atoms with Gasteiger partial charge in [0.1, 0.15) is 12.4 Å². The molecule has 1 N–H and O–H groups in total. The number of amides is 3. The standard InChI is InChI=1S/C24H37N5O2/c1-17(2)13-14-28(23(31)27(7)8)16-22(30)25-21-15-20(24(4,5)6)26-29(21)19-12-10-9-11-18(19)3/h9-12,15,17H,13-14,16H2,1-8H3,(H,25,30). The minimum absolute atomic E-state index is 0.00641. The van der Waals surface area contributed by atoms with Crippen molar-refractivity contribution in [2.45, 2.75) is 53.4 Å². The average Bonchev–Trinajstić information content (AvgIpc) is 3.08. The number of aromatic nitrogens is 2. The molecule has 2 aromatic rings. The third-order valence-electron chi connectivity index (χ3n) is 5.05. The van der Waals surface area contributed by atoms with Crippen LogP contribution in [0, 0.1) is 12.8 Å². The highest BCUT2D eigenvalue weighted by molar-refractivity contribution is 5.94. The maximum Gasteiger partial charge on any atom is 0.319 e. The topological polar surface area (TPSA) is 70.5 Å². The van der Waals surface area contributed by atoms with Gasteiger partial charge in [-0.05, 0) is 30.9 Å². The van der Waals surface area contributed by atoms with E-state index in [2.05, 4.69) is 39.9 Å². The van der Waals surface area contributed by atoms with E-state index in [9.17, 15) is 9.59 Å². The fourth-order valence-electron chi connectivity index (χ4n) is 3.12. The van der Waals surface area contributed by atoms with Gasteiger partial charge >= 0.3 is 6.03 Å². The Balaban J connectivity index is 2.31. The SMILES string of the molecule is Cc1ccccc1-n1nc(C(C)(C)C)cc1NC(=O)CN(CCC(C)C)C(=O)N(C)C. The van der Waals surface area contributed by atoms with E-state index in [4.69, 9.17) is 5.10 Å². The number of nitrogens with zero attached hydrogens (tertiary/aromatic N) is 4. The fraction of sp³-hybridized carbons (Fsp3) is 0.542. The van der Waals surface area contributed by atoms with Gasteiger partial charge in [-0.25, -0.2) is 9.48 Å². The summed E-state index contributed by atoms with van der Waals surface area (Å²) in [4.78, 5) is 28.6. The molecule has 2 rings (SSSR count). The molecule has 0 saturated carbocycles. The normalized spacial score (nSPS) is 11.5. The van der Waals surface area contributed by atoms with Crippen LogP contribution in [0.25, 0.3) is 5.69 Å². The second kappa shape index (κ2) is 9.98. The van der Waals surface area contributed by atoms with Crippen LogP contribution in [0.5, 0.6) is 0 Å². The van der Waals surface area contributed by atoms with E-state index in [1.54, 1.807) is 23.7 Å². The van der Waals surface area contributed by atoms with Crippen molar-refractivity contribution in [1.82, 2.24) is 19.6 Å². The van der Waals surface area contributed by atoms with Gasteiger partial charge in [-0.1, -0.05) is 52.8 Å². The van der Waals surface area contributed by atoms with E-state index < -0.39 is 0 Å². The zero-order valence-corrected chi connectivity index (χ0v) is 20.2. The Kier molecular flexibility index (Phi) is 7.87. The molecule has 0 unspecified atom stereocenters. The van der Waals surface area contributed by atoms with Crippen molar-refractivity contribution in [3.8, 4) is 5.69 Å². The van der Waals surface area contributed by atoms with Gasteiger partial charge in [0.2, 0.25) is 5.91 Å². The Bertz CT molecular complexity index is 909. The molecule has 1 aromatic carbocycles. The summed E-state index contributed by atoms with van der Waals surface area (Å²) < 4.78 is 1.78. The van der Waals surface area contributed by atoms with Crippen molar-refractivity contribution in [3.63, 3.8) is 0 Å². The van der Waals surface area contributed by atoms with Gasteiger partial charge in [-0.2, -0.15) is 5.10 Å². The van der Waals surface area contributed by atoms with E-state index in [1.165, 1.54) is 4.90 Å². The summed E-state index contributed by atoms with van der Waals surface area (Å²) in [5.41, 5.74) is 2.68. The quantitative estimate of drug-likeness (QED) is 0.710. The molecule has 0 saturated heterocycles. The van der Waals surface area contributed by atoms with Crippen molar-refractivity contribution in [2.75, 3.05) is 32.5 Å². The molecule has 0 aliphatic carbocycles. The molecule has 0 radical (unpaired) electrons. The van der Waals surface area contributed by atoms with Crippen LogP contribution in [-0.2, 0) is 10.2 Å². The molecule has 0 aliphatic heterocycles. The lowest BCUT2D eigenvalue weighted by Crippen LogP contribution is -2.44. The van der Waals surface area contributed by atoms with Crippen LogP contribution < -0.4 is 5.32 Å². The number of hydrogen-bond acceptors (Lipinski definition) is 3. The average molecular weight is 428 g/mol. The number of hydrogen-bond donors (Lipinski definition) is 1. The molecule has 7 heteroatoms. The number of benzene rings is 1. The molecule has 1 heterocycles. The van der Waals surface area contributed by atoms with Crippen LogP contribution in [0.1, 0.15) is 52.3 Å². The lowest BCUT2D eigenvalue weighted by molar-refractivity contribution is -0.116. The molecule has 31 heavy (non-hydrogen) atoms. The van der Waals surface area contributed by atoms with Crippen molar-refractivity contribution < 1.29 is 9.59 Å². The van der Waals surface area contributed by atoms with Gasteiger partial charge in [-0.15, -0.1) is 0 Å². The van der Waals surface area contributed by atoms with Crippen molar-refractivity contribution >= 4 is 17.8 Å². The summed E-state index contributed by atoms with van der Waals surface area (Å²) in [6.07, 6.45) is 0.835. The number of para-hydroxylation sites is 1. The minimum atomic E-state index is -0.242. The first-order valence-electron chi connectivity index (χ1n) is 10.8. The highest BCUT2D eigenvalue weighted by Gasteiger charge is 2.24. The van der Waals surface area contributed by atoms with Crippen LogP contribution >= 0.6 is 0 Å². The monoisotopic (exact) mass is 427 g/mol. The number of carbonyl (C=O) groups excluding carboxylic acids is 2. The van der Waals surface area contributed by atoms with E-state index in [0.29, 0.717) is 18.3 Å². The van der Waals surface area contributed by atoms with Gasteiger partial charge in [-0.3, -0.25) is 4.79 Å². The van der Waals surface area contributed by atoms with E-state index in [-0.39, 0.29) is 23.9 Å². The van der Waals surface area contributed by atoms with E-state index in [1.807, 2.05) is 37.3 Å². The first kappa shape index (κ1) is 24.4. The Morgan fingerprint density at radius 3 is 2.35 bits per heavy atom. The van der Waals surface area contributed by atoms with Crippen molar-refractivity contribution in [1.29, 1.82) is 0 Å². The van der Waals surface area contributed by atoms with Crippen LogP contribution in [-0.4, -0.2) is 58.7 Å². The number of carbonyl (C=O) groups is 2. The van der Waals surface area contributed by atoms with Crippen LogP contribution in [0.4, 0.5) is 10.6 Å². The van der Waals surface area contributed by atoms with Crippen molar-refractivity contribution in [3.05, 3.63) is 41.6 Å². The zero-order chi connectivity index (χ0) is 23.3. The summed E-state index contributed by atoms with van der Waals surface area (Å²) >= 11 is 0. The number of anilines is 1. The molecule has 0 atom stereocenters. The number of rotatable bonds is 7. The number of urea groups is 1. The second-order valence-corrected chi connectivity index (χ2v) is 9.69. The maximum atomic E-state index is 13.0. The van der Waals surface area contributed by atoms with Crippen LogP contribution in [0.3, 0.4) is 0 Å². The molecular formula is C24H37N5O2. The van der Waals surface area contributed by atoms with E-state index in [0.717, 1.165) is 23.4 Å². The summed E-state index contributed by atoms with van der Waals surface area (Å²) in [6, 6.07) is 9.67. The smallest absolute Gasteiger partial charge is 0.319 e. The Hall–Kier alpha value is -2.83. The fourth-order valence-corrected chi connectivity index (χ4v) is 3.12. The maximum absolute atomic E-state index is 13.0. The summed E-state index contributed by atoms with van der Waals surface area (Å²) in [5.74, 6) is 0.803. The molecule has 7 nitrogen and oxygen atoms in total. The van der Waals surface area contributed by atoms with Crippen LogP contribution in [0.2, 0.25) is 0 Å². The largest absolute Gasteiger partial charge is 0.331 e. The Labute approximate surface area is 186 Å². The molecule has 0 spiro atoms. The van der Waals surface area contributed by atoms with Gasteiger partial charge in [0.05, 0.1) is 11.4 Å². The van der Waals surface area contributed by atoms with Crippen LogP contribution in [0.15, 0.2) is 30.3 Å². The highest BCUT2D eigenvalue weighted by atomic mass is 16.2. The highest BCUT2D eigenvalue weighted by Crippen LogP contribution is 2.27. The van der Waals surface area contributed by atoms with Gasteiger partial charge in [0.25, 0.3) is 0 Å². The first-order chi connectivity index (χ1) is 14.4. The predicted octanol–water partition coefficient (Wildman–Crippen LogP) is 4.45. The predicted molar refractivity (Wildman–Crippen MR) is 126 cm³/mol. The first-order valence-corrected chi connectivity index (χ1v) is 10.8. The molecule has 1 aromatic heterocycles. The lowest BCUT2D eigenvalue weighted by Gasteiger charge is -2.26. The summed E-state index contributed by atoms with van der Waals surface area (Å²) in [6.45, 7) is 13.0. The Morgan fingerprint density at radius 1 is 1.16 bits per heavy atom. The second-order valence-electron chi connectivity index (χ2n) is 9.69. The molecule has 170 valence electrons. The molecule has 0 aliphatic rings. The summed E-state index contributed by atoms with van der Waals surface area (Å²) in [5, 5.41) is 7.77. The Morgan fingerprint density at radius 2 is 1.81 bits per heavy atom. The molecule has 0 fully saturated rings. The van der Waals surface area contributed by atoms with Crippen molar-refractivity contribution in [2.24, 2.45) is 5.92 Å². The zero-order valence-electron chi connectivity index (χ0n) is 20.2. The molecule has 0 bridgehead atoms. The lowest BCUT2D eigenvalue weighted by atomic mass is 9.92. The third kappa shape index (κ3) is 6.57. The molecular weight excluding hydrogens is 390 g/mol.